The Balaban J connectivity index is 1.55. The van der Waals surface area contributed by atoms with Gasteiger partial charge in [0.25, 0.3) is 0 Å². The zero-order valence-electron chi connectivity index (χ0n) is 13.1. The second-order valence-corrected chi connectivity index (χ2v) is 5.32. The zero-order chi connectivity index (χ0) is 16.9. The van der Waals surface area contributed by atoms with Gasteiger partial charge in [-0.25, -0.2) is 4.79 Å². The molecule has 6 heteroatoms. The zero-order valence-corrected chi connectivity index (χ0v) is 13.1. The smallest absolute Gasteiger partial charge is 0.344 e. The van der Waals surface area contributed by atoms with E-state index < -0.39 is 5.97 Å². The van der Waals surface area contributed by atoms with E-state index in [0.717, 1.165) is 10.8 Å². The Kier molecular flexibility index (Phi) is 4.56. The molecule has 0 aliphatic rings. The number of nitrogens with zero attached hydrogens (tertiary/aromatic N) is 1. The maximum atomic E-state index is 11.7. The molecule has 0 radical (unpaired) electrons. The average molecular weight is 324 g/mol. The first kappa shape index (κ1) is 15.7. The summed E-state index contributed by atoms with van der Waals surface area (Å²) in [6.45, 7) is 1.30. The van der Waals surface area contributed by atoms with Crippen LogP contribution in [-0.4, -0.2) is 22.8 Å². The van der Waals surface area contributed by atoms with Crippen molar-refractivity contribution < 1.29 is 14.3 Å². The van der Waals surface area contributed by atoms with E-state index in [-0.39, 0.29) is 24.3 Å². The molecule has 0 aliphatic heterocycles. The third kappa shape index (κ3) is 3.78. The Morgan fingerprint density at radius 3 is 2.71 bits per heavy atom. The highest BCUT2D eigenvalue weighted by Gasteiger charge is 2.08. The second-order valence-electron chi connectivity index (χ2n) is 5.32. The van der Waals surface area contributed by atoms with E-state index >= 15 is 0 Å². The van der Waals surface area contributed by atoms with Gasteiger partial charge < -0.3 is 9.47 Å². The summed E-state index contributed by atoms with van der Waals surface area (Å²) in [5, 5.41) is 8.63. The number of aromatic amines is 1. The topological polar surface area (TPSA) is 81.3 Å². The molecular weight excluding hydrogens is 308 g/mol. The van der Waals surface area contributed by atoms with Crippen LogP contribution in [0, 0.1) is 6.92 Å². The van der Waals surface area contributed by atoms with E-state index in [2.05, 4.69) is 10.2 Å². The van der Waals surface area contributed by atoms with Gasteiger partial charge in [0, 0.05) is 11.8 Å². The Hall–Kier alpha value is -3.15. The van der Waals surface area contributed by atoms with Gasteiger partial charge in [-0.1, -0.05) is 30.3 Å². The Bertz CT molecular complexity index is 933. The number of ether oxygens (including phenoxy) is 2. The van der Waals surface area contributed by atoms with E-state index in [1.807, 2.05) is 36.4 Å². The maximum absolute atomic E-state index is 11.7. The molecule has 6 nitrogen and oxygen atoms in total. The summed E-state index contributed by atoms with van der Waals surface area (Å²) >= 11 is 0. The van der Waals surface area contributed by atoms with Crippen molar-refractivity contribution in [3.05, 3.63) is 70.1 Å². The van der Waals surface area contributed by atoms with E-state index in [4.69, 9.17) is 9.47 Å². The van der Waals surface area contributed by atoms with Gasteiger partial charge in [0.05, 0.1) is 0 Å². The maximum Gasteiger partial charge on any atom is 0.344 e. The standard InChI is InChI=1S/C18H16N2O4/c1-12-8-17(21)16(20-19-12)10-24-18(22)11-23-15-7-6-13-4-2-3-5-14(13)9-15/h2-9H,10-11H2,1H3,(H,19,21). The van der Waals surface area contributed by atoms with E-state index in [1.54, 1.807) is 13.0 Å². The predicted molar refractivity (Wildman–Crippen MR) is 88.8 cm³/mol. The fourth-order valence-corrected chi connectivity index (χ4v) is 2.22. The second kappa shape index (κ2) is 6.95. The number of carbonyl (C=O) groups is 1. The van der Waals surface area contributed by atoms with Crippen LogP contribution in [0.2, 0.25) is 0 Å². The minimum absolute atomic E-state index is 0.152. The largest absolute Gasteiger partial charge is 0.482 e. The minimum atomic E-state index is -0.565. The SMILES string of the molecule is Cc1cc(=O)c(COC(=O)COc2ccc3ccccc3c2)n[nH]1. The average Bonchev–Trinajstić information content (AvgIpc) is 2.59. The third-order valence-corrected chi connectivity index (χ3v) is 3.45. The molecule has 3 rings (SSSR count). The van der Waals surface area contributed by atoms with Crippen LogP contribution < -0.4 is 10.2 Å². The molecule has 122 valence electrons. The van der Waals surface area contributed by atoms with Crippen molar-refractivity contribution in [2.45, 2.75) is 13.5 Å². The number of carbonyl (C=O) groups excluding carboxylic acids is 1. The van der Waals surface area contributed by atoms with Crippen LogP contribution in [0.4, 0.5) is 0 Å². The monoisotopic (exact) mass is 324 g/mol. The molecule has 0 saturated carbocycles. The van der Waals surface area contributed by atoms with Gasteiger partial charge in [0.1, 0.15) is 18.1 Å². The van der Waals surface area contributed by atoms with Crippen LogP contribution in [-0.2, 0) is 16.1 Å². The molecule has 0 spiro atoms. The summed E-state index contributed by atoms with van der Waals surface area (Å²) in [5.41, 5.74) is 0.531. The van der Waals surface area contributed by atoms with Gasteiger partial charge in [-0.15, -0.1) is 0 Å². The van der Waals surface area contributed by atoms with Gasteiger partial charge in [-0.05, 0) is 29.8 Å². The van der Waals surface area contributed by atoms with Crippen molar-refractivity contribution in [1.29, 1.82) is 0 Å². The van der Waals surface area contributed by atoms with Gasteiger partial charge in [0.15, 0.2) is 6.61 Å². The lowest BCUT2D eigenvalue weighted by atomic mass is 10.1. The third-order valence-electron chi connectivity index (χ3n) is 3.45. The summed E-state index contributed by atoms with van der Waals surface area (Å²) in [7, 11) is 0. The van der Waals surface area contributed by atoms with Crippen molar-refractivity contribution in [1.82, 2.24) is 10.2 Å². The molecule has 0 bridgehead atoms. The Morgan fingerprint density at radius 2 is 1.92 bits per heavy atom. The summed E-state index contributed by atoms with van der Waals surface area (Å²) in [4.78, 5) is 23.4. The van der Waals surface area contributed by atoms with Gasteiger partial charge >= 0.3 is 5.97 Å². The lowest BCUT2D eigenvalue weighted by molar-refractivity contribution is -0.147. The number of hydrogen-bond donors (Lipinski definition) is 1. The highest BCUT2D eigenvalue weighted by atomic mass is 16.6. The van der Waals surface area contributed by atoms with Crippen molar-refractivity contribution >= 4 is 16.7 Å². The summed E-state index contributed by atoms with van der Waals surface area (Å²) in [5.74, 6) is 0.0156. The van der Waals surface area contributed by atoms with Crippen molar-refractivity contribution in [3.63, 3.8) is 0 Å². The number of esters is 1. The van der Waals surface area contributed by atoms with Crippen LogP contribution >= 0.6 is 0 Å². The van der Waals surface area contributed by atoms with Gasteiger partial charge in [-0.3, -0.25) is 9.89 Å². The number of H-pyrrole nitrogens is 1. The molecule has 2 aromatic carbocycles. The molecule has 0 amide bonds. The van der Waals surface area contributed by atoms with Crippen LogP contribution in [0.1, 0.15) is 11.4 Å². The lowest BCUT2D eigenvalue weighted by Gasteiger charge is -2.07. The molecule has 3 aromatic rings. The molecule has 0 saturated heterocycles. The van der Waals surface area contributed by atoms with Gasteiger partial charge in [0.2, 0.25) is 5.43 Å². The molecule has 0 atom stereocenters. The summed E-state index contributed by atoms with van der Waals surface area (Å²) in [6, 6.07) is 14.8. The van der Waals surface area contributed by atoms with E-state index in [0.29, 0.717) is 11.4 Å². The van der Waals surface area contributed by atoms with E-state index in [1.165, 1.54) is 6.07 Å². The number of nitrogens with one attached hydrogen (secondary N) is 1. The highest BCUT2D eigenvalue weighted by molar-refractivity contribution is 5.83. The molecule has 24 heavy (non-hydrogen) atoms. The van der Waals surface area contributed by atoms with Crippen LogP contribution in [0.15, 0.2) is 53.3 Å². The first-order valence-corrected chi connectivity index (χ1v) is 7.44. The highest BCUT2D eigenvalue weighted by Crippen LogP contribution is 2.20. The molecule has 0 fully saturated rings. The van der Waals surface area contributed by atoms with Crippen molar-refractivity contribution in [2.75, 3.05) is 6.61 Å². The molecule has 0 unspecified atom stereocenters. The number of hydrogen-bond acceptors (Lipinski definition) is 5. The number of aryl methyl sites for hydroxylation is 1. The number of aromatic nitrogens is 2. The lowest BCUT2D eigenvalue weighted by Crippen LogP contribution is -2.19. The summed E-state index contributed by atoms with van der Waals surface area (Å²) in [6.07, 6.45) is 0. The minimum Gasteiger partial charge on any atom is -0.482 e. The molecule has 1 aromatic heterocycles. The number of fused-ring (bicyclic) bond motifs is 1. The molecule has 1 heterocycles. The van der Waals surface area contributed by atoms with Crippen molar-refractivity contribution in [3.8, 4) is 5.75 Å². The number of rotatable bonds is 5. The normalized spacial score (nSPS) is 10.5. The Labute approximate surface area is 138 Å². The first-order valence-electron chi connectivity index (χ1n) is 7.44. The molecule has 1 N–H and O–H groups in total. The van der Waals surface area contributed by atoms with E-state index in [9.17, 15) is 9.59 Å². The fraction of sp³-hybridized carbons (Fsp3) is 0.167. The van der Waals surface area contributed by atoms with Crippen LogP contribution in [0.3, 0.4) is 0 Å². The summed E-state index contributed by atoms with van der Waals surface area (Å²) < 4.78 is 10.4. The number of benzene rings is 2. The van der Waals surface area contributed by atoms with Crippen LogP contribution in [0.25, 0.3) is 10.8 Å². The molecule has 0 aliphatic carbocycles. The van der Waals surface area contributed by atoms with Gasteiger partial charge in [-0.2, -0.15) is 5.10 Å². The first-order chi connectivity index (χ1) is 11.6. The fourth-order valence-electron chi connectivity index (χ4n) is 2.22. The van der Waals surface area contributed by atoms with Crippen LogP contribution in [0.5, 0.6) is 5.75 Å². The quantitative estimate of drug-likeness (QED) is 0.729. The van der Waals surface area contributed by atoms with Crippen molar-refractivity contribution in [2.24, 2.45) is 0 Å². The Morgan fingerprint density at radius 1 is 1.12 bits per heavy atom. The molecular formula is C18H16N2O4. The predicted octanol–water partition coefficient (Wildman–Crippen LogP) is 2.35.